The van der Waals surface area contributed by atoms with Gasteiger partial charge in [-0.3, -0.25) is 24.2 Å². The number of anilines is 1. The van der Waals surface area contributed by atoms with E-state index in [9.17, 15) is 14.4 Å². The van der Waals surface area contributed by atoms with Crippen molar-refractivity contribution in [1.82, 2.24) is 9.80 Å². The van der Waals surface area contributed by atoms with Gasteiger partial charge in [-0.15, -0.1) is 0 Å². The van der Waals surface area contributed by atoms with Gasteiger partial charge in [0, 0.05) is 16.6 Å². The Labute approximate surface area is 185 Å². The summed E-state index contributed by atoms with van der Waals surface area (Å²) in [5, 5.41) is 3.59. The largest absolute Gasteiger partial charge is 0.324 e. The van der Waals surface area contributed by atoms with Crippen LogP contribution in [0.25, 0.3) is 0 Å². The Bertz CT molecular complexity index is 1150. The summed E-state index contributed by atoms with van der Waals surface area (Å²) in [6, 6.07) is 13.1. The molecule has 3 saturated heterocycles. The van der Waals surface area contributed by atoms with E-state index in [-0.39, 0.29) is 30.3 Å². The molecular weight excluding hydrogens is 414 g/mol. The fraction of sp³-hybridized carbons (Fsp3) is 0.375. The van der Waals surface area contributed by atoms with E-state index in [1.807, 2.05) is 43.3 Å². The minimum Gasteiger partial charge on any atom is -0.324 e. The number of fused-ring (bicyclic) bond motifs is 7. The van der Waals surface area contributed by atoms with E-state index in [4.69, 9.17) is 11.6 Å². The van der Waals surface area contributed by atoms with E-state index in [1.165, 1.54) is 4.90 Å². The second kappa shape index (κ2) is 6.40. The van der Waals surface area contributed by atoms with E-state index in [0.29, 0.717) is 17.3 Å². The fourth-order valence-corrected chi connectivity index (χ4v) is 6.53. The molecule has 2 aromatic carbocycles. The number of nitrogens with one attached hydrogen (secondary N) is 1. The molecule has 1 N–H and O–H groups in total. The van der Waals surface area contributed by atoms with Gasteiger partial charge in [0.25, 0.3) is 0 Å². The topological polar surface area (TPSA) is 69.7 Å². The van der Waals surface area contributed by atoms with Crippen molar-refractivity contribution in [1.29, 1.82) is 0 Å². The van der Waals surface area contributed by atoms with Crippen LogP contribution >= 0.6 is 11.6 Å². The maximum atomic E-state index is 13.8. The third kappa shape index (κ3) is 2.24. The van der Waals surface area contributed by atoms with Gasteiger partial charge in [0.2, 0.25) is 17.7 Å². The van der Waals surface area contributed by atoms with Crippen LogP contribution in [0.15, 0.2) is 42.5 Å². The first-order valence-electron chi connectivity index (χ1n) is 10.7. The normalized spacial score (nSPS) is 31.4. The zero-order valence-electron chi connectivity index (χ0n) is 17.1. The van der Waals surface area contributed by atoms with Crippen LogP contribution in [0.5, 0.6) is 0 Å². The number of benzene rings is 2. The van der Waals surface area contributed by atoms with Gasteiger partial charge in [-0.05, 0) is 43.5 Å². The van der Waals surface area contributed by atoms with Gasteiger partial charge in [0.15, 0.2) is 0 Å². The average molecular weight is 436 g/mol. The molecule has 3 amide bonds. The van der Waals surface area contributed by atoms with Crippen molar-refractivity contribution in [3.63, 3.8) is 0 Å². The van der Waals surface area contributed by atoms with Crippen molar-refractivity contribution in [2.45, 2.75) is 37.9 Å². The number of carbonyl (C=O) groups is 3. The van der Waals surface area contributed by atoms with E-state index in [0.717, 1.165) is 29.5 Å². The number of rotatable bonds is 2. The van der Waals surface area contributed by atoms with Crippen molar-refractivity contribution in [3.05, 3.63) is 64.2 Å². The third-order valence-corrected chi connectivity index (χ3v) is 8.05. The molecule has 2 aromatic rings. The number of carbonyl (C=O) groups excluding carboxylic acids is 3. The zero-order valence-corrected chi connectivity index (χ0v) is 17.9. The molecule has 4 heterocycles. The molecule has 6 rings (SSSR count). The van der Waals surface area contributed by atoms with E-state index >= 15 is 0 Å². The minimum absolute atomic E-state index is 0.102. The van der Waals surface area contributed by atoms with Crippen LogP contribution in [-0.2, 0) is 26.5 Å². The summed E-state index contributed by atoms with van der Waals surface area (Å²) in [6.45, 7) is 2.81. The Morgan fingerprint density at radius 2 is 1.87 bits per heavy atom. The van der Waals surface area contributed by atoms with Crippen molar-refractivity contribution < 1.29 is 14.4 Å². The number of amides is 3. The maximum Gasteiger partial charge on any atom is 0.250 e. The first-order valence-corrected chi connectivity index (χ1v) is 11.1. The van der Waals surface area contributed by atoms with Gasteiger partial charge in [0.05, 0.1) is 24.1 Å². The highest BCUT2D eigenvalue weighted by molar-refractivity contribution is 6.32. The van der Waals surface area contributed by atoms with Crippen LogP contribution in [0.4, 0.5) is 5.69 Å². The molecule has 7 heteroatoms. The molecule has 31 heavy (non-hydrogen) atoms. The average Bonchev–Trinajstić information content (AvgIpc) is 3.47. The van der Waals surface area contributed by atoms with Crippen LogP contribution in [-0.4, -0.2) is 40.1 Å². The number of hydrogen-bond donors (Lipinski definition) is 1. The highest BCUT2D eigenvalue weighted by Crippen LogP contribution is 2.61. The summed E-state index contributed by atoms with van der Waals surface area (Å²) in [5.41, 5.74) is 2.02. The van der Waals surface area contributed by atoms with Gasteiger partial charge >= 0.3 is 0 Å². The molecule has 0 aromatic heterocycles. The maximum absolute atomic E-state index is 13.8. The number of hydrogen-bond acceptors (Lipinski definition) is 4. The van der Waals surface area contributed by atoms with E-state index in [2.05, 4.69) is 10.2 Å². The quantitative estimate of drug-likeness (QED) is 0.736. The molecule has 1 spiro atoms. The van der Waals surface area contributed by atoms with Crippen LogP contribution in [0.2, 0.25) is 5.02 Å². The Morgan fingerprint density at radius 1 is 1.10 bits per heavy atom. The molecule has 158 valence electrons. The molecule has 0 unspecified atom stereocenters. The lowest BCUT2D eigenvalue weighted by Crippen LogP contribution is -2.54. The Kier molecular flexibility index (Phi) is 3.93. The predicted molar refractivity (Wildman–Crippen MR) is 115 cm³/mol. The minimum atomic E-state index is -1.14. The Morgan fingerprint density at radius 3 is 2.65 bits per heavy atom. The third-order valence-electron chi connectivity index (χ3n) is 7.64. The Balaban J connectivity index is 1.51. The second-order valence-corrected chi connectivity index (χ2v) is 9.38. The molecule has 4 aliphatic rings. The predicted octanol–water partition coefficient (Wildman–Crippen LogP) is 3.08. The molecule has 0 aliphatic carbocycles. The number of nitrogens with zero attached hydrogens (tertiary/aromatic N) is 2. The zero-order chi connectivity index (χ0) is 21.5. The highest BCUT2D eigenvalue weighted by atomic mass is 35.5. The summed E-state index contributed by atoms with van der Waals surface area (Å²) in [5.74, 6) is -1.82. The molecule has 0 bridgehead atoms. The Hall–Kier alpha value is -2.70. The van der Waals surface area contributed by atoms with Gasteiger partial charge in [-0.25, -0.2) is 0 Å². The van der Waals surface area contributed by atoms with E-state index in [1.54, 1.807) is 6.07 Å². The molecule has 4 aliphatic heterocycles. The second-order valence-electron chi connectivity index (χ2n) is 8.97. The summed E-state index contributed by atoms with van der Waals surface area (Å²) >= 11 is 6.33. The van der Waals surface area contributed by atoms with Gasteiger partial charge in [-0.1, -0.05) is 48.0 Å². The van der Waals surface area contributed by atoms with Crippen LogP contribution in [0.3, 0.4) is 0 Å². The van der Waals surface area contributed by atoms with Crippen molar-refractivity contribution in [2.75, 3.05) is 11.9 Å². The first-order chi connectivity index (χ1) is 15.0. The first kappa shape index (κ1) is 19.0. The SMILES string of the molecule is Cc1c(Cl)ccc2c1NC(=O)[C@@]21[C@@H]2C(=O)N(Cc3ccccc3)C(=O)[C@@H]2[C@@H]2CCCN21. The number of likely N-dealkylation sites (tertiary alicyclic amines) is 1. The number of halogens is 1. The lowest BCUT2D eigenvalue weighted by Gasteiger charge is -2.36. The van der Waals surface area contributed by atoms with Gasteiger partial charge in [0.1, 0.15) is 5.54 Å². The van der Waals surface area contributed by atoms with Crippen molar-refractivity contribution in [3.8, 4) is 0 Å². The lowest BCUT2D eigenvalue weighted by molar-refractivity contribution is -0.146. The van der Waals surface area contributed by atoms with Crippen molar-refractivity contribution >= 4 is 35.0 Å². The fourth-order valence-electron chi connectivity index (χ4n) is 6.37. The molecule has 0 radical (unpaired) electrons. The highest BCUT2D eigenvalue weighted by Gasteiger charge is 2.74. The summed E-state index contributed by atoms with van der Waals surface area (Å²) in [7, 11) is 0. The number of imide groups is 1. The van der Waals surface area contributed by atoms with E-state index < -0.39 is 17.4 Å². The van der Waals surface area contributed by atoms with Gasteiger partial charge < -0.3 is 5.32 Å². The van der Waals surface area contributed by atoms with Crippen LogP contribution < -0.4 is 5.32 Å². The molecule has 3 fully saturated rings. The van der Waals surface area contributed by atoms with Gasteiger partial charge in [-0.2, -0.15) is 0 Å². The summed E-state index contributed by atoms with van der Waals surface area (Å²) < 4.78 is 0. The van der Waals surface area contributed by atoms with Crippen LogP contribution in [0.1, 0.15) is 29.5 Å². The monoisotopic (exact) mass is 435 g/mol. The van der Waals surface area contributed by atoms with Crippen molar-refractivity contribution in [2.24, 2.45) is 11.8 Å². The molecule has 6 nitrogen and oxygen atoms in total. The molecule has 0 saturated carbocycles. The van der Waals surface area contributed by atoms with Crippen LogP contribution in [0, 0.1) is 18.8 Å². The summed E-state index contributed by atoms with van der Waals surface area (Å²) in [4.78, 5) is 44.5. The standard InChI is InChI=1S/C24H22ClN3O3/c1-13-16(25)10-9-15-20(13)26-23(31)24(15)19-18(17-8-5-11-28(17)24)21(29)27(22(19)30)12-14-6-3-2-4-7-14/h2-4,6-7,9-10,17-19H,5,8,11-12H2,1H3,(H,26,31)/t17-,18+,19-,24-/m0/s1. The smallest absolute Gasteiger partial charge is 0.250 e. The molecular formula is C24H22ClN3O3. The molecule has 4 atom stereocenters. The lowest BCUT2D eigenvalue weighted by atomic mass is 9.75. The summed E-state index contributed by atoms with van der Waals surface area (Å²) in [6.07, 6.45) is 1.72.